The molecule has 1 aliphatic heterocycles. The van der Waals surface area contributed by atoms with Gasteiger partial charge in [0.2, 0.25) is 5.91 Å². The second-order valence-corrected chi connectivity index (χ2v) is 8.02. The zero-order chi connectivity index (χ0) is 20.1. The molecule has 1 fully saturated rings. The molecule has 0 aliphatic carbocycles. The lowest BCUT2D eigenvalue weighted by Gasteiger charge is -2.35. The fourth-order valence-corrected chi connectivity index (χ4v) is 3.72. The average Bonchev–Trinajstić information content (AvgIpc) is 2.67. The molecule has 2 aromatic carbocycles. The number of hydrogen-bond acceptors (Lipinski definition) is 4. The lowest BCUT2D eigenvalue weighted by molar-refractivity contribution is -0.126. The largest absolute Gasteiger partial charge is 0.373 e. The number of nitrogens with one attached hydrogen (secondary N) is 1. The summed E-state index contributed by atoms with van der Waals surface area (Å²) in [5, 5.41) is 2.96. The molecule has 0 saturated carbocycles. The van der Waals surface area contributed by atoms with Crippen molar-refractivity contribution in [1.29, 1.82) is 0 Å². The van der Waals surface area contributed by atoms with Gasteiger partial charge in [-0.1, -0.05) is 54.6 Å². The van der Waals surface area contributed by atoms with Gasteiger partial charge in [-0.3, -0.25) is 9.69 Å². The monoisotopic (exact) mass is 453 g/mol. The summed E-state index contributed by atoms with van der Waals surface area (Å²) in [6.07, 6.45) is 0.543. The minimum atomic E-state index is -1.05. The van der Waals surface area contributed by atoms with Crippen LogP contribution in [0.3, 0.4) is 0 Å². The highest BCUT2D eigenvalue weighted by Gasteiger charge is 2.30. The first-order valence-corrected chi connectivity index (χ1v) is 9.93. The van der Waals surface area contributed by atoms with Gasteiger partial charge in [0, 0.05) is 26.2 Å². The molecule has 1 saturated heterocycles. The molecule has 0 spiro atoms. The van der Waals surface area contributed by atoms with E-state index in [1.165, 1.54) is 5.56 Å². The van der Waals surface area contributed by atoms with E-state index >= 15 is 0 Å². The second kappa shape index (κ2) is 11.7. The van der Waals surface area contributed by atoms with Crippen molar-refractivity contribution in [2.24, 2.45) is 5.73 Å². The molecule has 5 nitrogen and oxygen atoms in total. The summed E-state index contributed by atoms with van der Waals surface area (Å²) in [4.78, 5) is 15.0. The molecular weight excluding hydrogens is 421 g/mol. The van der Waals surface area contributed by atoms with Gasteiger partial charge in [-0.25, -0.2) is 0 Å². The summed E-state index contributed by atoms with van der Waals surface area (Å²) in [5.74, 6) is -0.181. The lowest BCUT2D eigenvalue weighted by Crippen LogP contribution is -2.48. The molecule has 7 heteroatoms. The summed E-state index contributed by atoms with van der Waals surface area (Å²) in [6, 6.07) is 17.8. The standard InChI is InChI=1S/C23H31N3O2.2ClH/c1-17-14-26(15-18(2)28-17)16-20-11-9-19(10-12-20)13-25-22(27)23(3,24)21-7-5-4-6-8-21;;/h4-12,17-18H,13-16,24H2,1-3H3,(H,25,27);2*1H. The predicted octanol–water partition coefficient (Wildman–Crippen LogP) is 3.63. The molecule has 1 aliphatic rings. The number of nitrogens with zero attached hydrogens (tertiary/aromatic N) is 1. The van der Waals surface area contributed by atoms with Crippen LogP contribution in [-0.4, -0.2) is 36.1 Å². The van der Waals surface area contributed by atoms with Gasteiger partial charge >= 0.3 is 0 Å². The molecular formula is C23H33Cl2N3O2. The molecule has 3 rings (SSSR count). The molecule has 3 atom stereocenters. The Balaban J connectivity index is 0.00000225. The fraction of sp³-hybridized carbons (Fsp3) is 0.435. The van der Waals surface area contributed by atoms with E-state index in [1.54, 1.807) is 6.92 Å². The maximum absolute atomic E-state index is 12.6. The van der Waals surface area contributed by atoms with Crippen LogP contribution < -0.4 is 11.1 Å². The minimum absolute atomic E-state index is 0. The van der Waals surface area contributed by atoms with E-state index in [9.17, 15) is 4.79 Å². The summed E-state index contributed by atoms with van der Waals surface area (Å²) in [6.45, 7) is 9.27. The third-order valence-corrected chi connectivity index (χ3v) is 5.22. The highest BCUT2D eigenvalue weighted by Crippen LogP contribution is 2.18. The molecule has 3 unspecified atom stereocenters. The molecule has 0 aromatic heterocycles. The third-order valence-electron chi connectivity index (χ3n) is 5.22. The van der Waals surface area contributed by atoms with E-state index in [2.05, 4.69) is 48.3 Å². The van der Waals surface area contributed by atoms with Gasteiger partial charge in [0.15, 0.2) is 0 Å². The zero-order valence-corrected chi connectivity index (χ0v) is 19.5. The Morgan fingerprint density at radius 1 is 1.03 bits per heavy atom. The number of hydrogen-bond donors (Lipinski definition) is 2. The van der Waals surface area contributed by atoms with Crippen LogP contribution in [0.5, 0.6) is 0 Å². The number of amides is 1. The molecule has 30 heavy (non-hydrogen) atoms. The molecule has 3 N–H and O–H groups in total. The van der Waals surface area contributed by atoms with Gasteiger partial charge in [0.25, 0.3) is 0 Å². The van der Waals surface area contributed by atoms with Crippen LogP contribution in [0, 0.1) is 0 Å². The van der Waals surface area contributed by atoms with Crippen LogP contribution >= 0.6 is 24.8 Å². The van der Waals surface area contributed by atoms with Gasteiger partial charge in [0.05, 0.1) is 12.2 Å². The van der Waals surface area contributed by atoms with E-state index in [-0.39, 0.29) is 42.9 Å². The van der Waals surface area contributed by atoms with Crippen LogP contribution in [0.15, 0.2) is 54.6 Å². The van der Waals surface area contributed by atoms with Crippen LogP contribution in [0.1, 0.15) is 37.5 Å². The number of morpholine rings is 1. The smallest absolute Gasteiger partial charge is 0.244 e. The lowest BCUT2D eigenvalue weighted by atomic mass is 9.92. The highest BCUT2D eigenvalue weighted by atomic mass is 35.5. The fourth-order valence-electron chi connectivity index (χ4n) is 3.72. The Morgan fingerprint density at radius 3 is 2.13 bits per heavy atom. The third kappa shape index (κ3) is 6.96. The van der Waals surface area contributed by atoms with E-state index in [4.69, 9.17) is 10.5 Å². The van der Waals surface area contributed by atoms with Crippen molar-refractivity contribution in [2.75, 3.05) is 13.1 Å². The van der Waals surface area contributed by atoms with Crippen molar-refractivity contribution in [3.05, 3.63) is 71.3 Å². The van der Waals surface area contributed by atoms with Crippen molar-refractivity contribution < 1.29 is 9.53 Å². The Bertz CT molecular complexity index is 775. The molecule has 2 aromatic rings. The number of ether oxygens (including phenoxy) is 1. The number of nitrogens with two attached hydrogens (primary N) is 1. The number of carbonyl (C=O) groups is 1. The van der Waals surface area contributed by atoms with E-state index < -0.39 is 5.54 Å². The number of halogens is 2. The first-order valence-electron chi connectivity index (χ1n) is 9.93. The van der Waals surface area contributed by atoms with Gasteiger partial charge in [-0.2, -0.15) is 0 Å². The van der Waals surface area contributed by atoms with Crippen molar-refractivity contribution >= 4 is 30.7 Å². The quantitative estimate of drug-likeness (QED) is 0.700. The molecule has 0 bridgehead atoms. The van der Waals surface area contributed by atoms with E-state index in [1.807, 2.05) is 30.3 Å². The SMILES string of the molecule is CC1CN(Cc2ccc(CNC(=O)C(C)(N)c3ccccc3)cc2)CC(C)O1.Cl.Cl. The first kappa shape index (κ1) is 26.4. The van der Waals surface area contributed by atoms with Crippen LogP contribution in [0.25, 0.3) is 0 Å². The Hall–Kier alpha value is -1.63. The summed E-state index contributed by atoms with van der Waals surface area (Å²) in [5.41, 5.74) is 8.35. The van der Waals surface area contributed by atoms with Crippen LogP contribution in [-0.2, 0) is 28.2 Å². The van der Waals surface area contributed by atoms with E-state index in [0.717, 1.165) is 30.8 Å². The molecule has 0 radical (unpaired) electrons. The Labute approximate surface area is 192 Å². The Morgan fingerprint density at radius 2 is 1.57 bits per heavy atom. The summed E-state index contributed by atoms with van der Waals surface area (Å²) < 4.78 is 5.79. The first-order chi connectivity index (χ1) is 13.3. The topological polar surface area (TPSA) is 67.6 Å². The van der Waals surface area contributed by atoms with Crippen molar-refractivity contribution in [3.8, 4) is 0 Å². The average molecular weight is 454 g/mol. The van der Waals surface area contributed by atoms with Gasteiger partial charge in [-0.15, -0.1) is 24.8 Å². The molecule has 166 valence electrons. The minimum Gasteiger partial charge on any atom is -0.373 e. The van der Waals surface area contributed by atoms with Crippen molar-refractivity contribution in [2.45, 2.75) is 51.6 Å². The van der Waals surface area contributed by atoms with Crippen molar-refractivity contribution in [1.82, 2.24) is 10.2 Å². The van der Waals surface area contributed by atoms with Gasteiger partial charge in [-0.05, 0) is 37.5 Å². The zero-order valence-electron chi connectivity index (χ0n) is 17.8. The second-order valence-electron chi connectivity index (χ2n) is 8.02. The van der Waals surface area contributed by atoms with Gasteiger partial charge < -0.3 is 15.8 Å². The predicted molar refractivity (Wildman–Crippen MR) is 126 cm³/mol. The molecule has 1 heterocycles. The number of benzene rings is 2. The highest BCUT2D eigenvalue weighted by molar-refractivity contribution is 5.87. The maximum Gasteiger partial charge on any atom is 0.244 e. The summed E-state index contributed by atoms with van der Waals surface area (Å²) in [7, 11) is 0. The Kier molecular flexibility index (Phi) is 10.3. The maximum atomic E-state index is 12.6. The number of rotatable bonds is 6. The van der Waals surface area contributed by atoms with E-state index in [0.29, 0.717) is 6.54 Å². The molecule has 1 amide bonds. The van der Waals surface area contributed by atoms with Crippen LogP contribution in [0.2, 0.25) is 0 Å². The van der Waals surface area contributed by atoms with Crippen molar-refractivity contribution in [3.63, 3.8) is 0 Å². The number of carbonyl (C=O) groups excluding carboxylic acids is 1. The van der Waals surface area contributed by atoms with Gasteiger partial charge in [0.1, 0.15) is 5.54 Å². The normalized spacial score (nSPS) is 20.9. The van der Waals surface area contributed by atoms with Crippen LogP contribution in [0.4, 0.5) is 0 Å². The summed E-state index contributed by atoms with van der Waals surface area (Å²) >= 11 is 0.